The maximum absolute atomic E-state index is 11.8. The van der Waals surface area contributed by atoms with Crippen molar-refractivity contribution in [2.24, 2.45) is 5.10 Å². The van der Waals surface area contributed by atoms with Crippen LogP contribution in [0.15, 0.2) is 59.8 Å². The Labute approximate surface area is 134 Å². The fourth-order valence-corrected chi connectivity index (χ4v) is 2.27. The number of hydrogen-bond acceptors (Lipinski definition) is 3. The third-order valence-corrected chi connectivity index (χ3v) is 3.52. The lowest BCUT2D eigenvalue weighted by Gasteiger charge is -2.05. The first-order valence-electron chi connectivity index (χ1n) is 7.41. The number of nitrogens with zero attached hydrogens (tertiary/aromatic N) is 1. The molecule has 5 heteroatoms. The average Bonchev–Trinajstić information content (AvgIpc) is 2.98. The number of carbonyl (C=O) groups is 1. The Bertz CT molecular complexity index is 834. The van der Waals surface area contributed by atoms with Crippen molar-refractivity contribution in [3.8, 4) is 0 Å². The topological polar surface area (TPSA) is 69.3 Å². The van der Waals surface area contributed by atoms with Crippen molar-refractivity contribution in [2.75, 3.05) is 11.9 Å². The van der Waals surface area contributed by atoms with Gasteiger partial charge in [-0.3, -0.25) is 4.79 Å². The highest BCUT2D eigenvalue weighted by molar-refractivity contribution is 5.99. The summed E-state index contributed by atoms with van der Waals surface area (Å²) in [6.07, 6.45) is 3.51. The van der Waals surface area contributed by atoms with E-state index >= 15 is 0 Å². The Kier molecular flexibility index (Phi) is 4.38. The second-order valence-corrected chi connectivity index (χ2v) is 5.30. The number of rotatable bonds is 5. The predicted octanol–water partition coefficient (Wildman–Crippen LogP) is 3.04. The number of carbonyl (C=O) groups excluding carboxylic acids is 1. The Morgan fingerprint density at radius 3 is 2.78 bits per heavy atom. The van der Waals surface area contributed by atoms with Crippen LogP contribution in [0.3, 0.4) is 0 Å². The maximum Gasteiger partial charge on any atom is 0.259 e. The van der Waals surface area contributed by atoms with Gasteiger partial charge in [0.15, 0.2) is 0 Å². The summed E-state index contributed by atoms with van der Waals surface area (Å²) in [7, 11) is 0. The highest BCUT2D eigenvalue weighted by Gasteiger charge is 2.01. The lowest BCUT2D eigenvalue weighted by Crippen LogP contribution is -2.25. The van der Waals surface area contributed by atoms with Gasteiger partial charge in [0.25, 0.3) is 5.91 Å². The standard InChI is InChI=1S/C18H18N4O/c1-13-6-8-15(9-7-13)19-12-18(23)22-21-11-14-10-20-17-5-3-2-4-16(14)17/h2-11,19-20H,12H2,1H3,(H,22,23)/b21-11-. The van der Waals surface area contributed by atoms with E-state index in [1.54, 1.807) is 6.21 Å². The Balaban J connectivity index is 1.53. The van der Waals surface area contributed by atoms with Gasteiger partial charge in [-0.2, -0.15) is 5.10 Å². The number of benzene rings is 2. The number of amides is 1. The third-order valence-electron chi connectivity index (χ3n) is 3.52. The lowest BCUT2D eigenvalue weighted by molar-refractivity contribution is -0.119. The van der Waals surface area contributed by atoms with E-state index in [4.69, 9.17) is 0 Å². The van der Waals surface area contributed by atoms with E-state index in [9.17, 15) is 4.79 Å². The van der Waals surface area contributed by atoms with Gasteiger partial charge in [-0.15, -0.1) is 0 Å². The molecule has 0 unspecified atom stereocenters. The van der Waals surface area contributed by atoms with Gasteiger partial charge in [0.1, 0.15) is 0 Å². The minimum Gasteiger partial charge on any atom is -0.376 e. The minimum atomic E-state index is -0.193. The first-order valence-corrected chi connectivity index (χ1v) is 7.41. The second kappa shape index (κ2) is 6.79. The lowest BCUT2D eigenvalue weighted by atomic mass is 10.2. The zero-order valence-electron chi connectivity index (χ0n) is 12.8. The van der Waals surface area contributed by atoms with E-state index < -0.39 is 0 Å². The van der Waals surface area contributed by atoms with Gasteiger partial charge in [-0.1, -0.05) is 35.9 Å². The smallest absolute Gasteiger partial charge is 0.259 e. The van der Waals surface area contributed by atoms with Gasteiger partial charge in [0, 0.05) is 28.4 Å². The Morgan fingerprint density at radius 1 is 1.17 bits per heavy atom. The van der Waals surface area contributed by atoms with Crippen molar-refractivity contribution in [3.05, 3.63) is 65.9 Å². The molecule has 2 aromatic carbocycles. The Morgan fingerprint density at radius 2 is 1.96 bits per heavy atom. The summed E-state index contributed by atoms with van der Waals surface area (Å²) in [6.45, 7) is 2.20. The van der Waals surface area contributed by atoms with Crippen LogP contribution in [0, 0.1) is 6.92 Å². The number of aryl methyl sites for hydroxylation is 1. The number of hydrogen-bond donors (Lipinski definition) is 3. The molecule has 0 radical (unpaired) electrons. The van der Waals surface area contributed by atoms with Crippen molar-refractivity contribution >= 4 is 28.7 Å². The summed E-state index contributed by atoms with van der Waals surface area (Å²) in [4.78, 5) is 14.9. The van der Waals surface area contributed by atoms with E-state index in [1.165, 1.54) is 5.56 Å². The molecule has 23 heavy (non-hydrogen) atoms. The van der Waals surface area contributed by atoms with Crippen LogP contribution in [0.1, 0.15) is 11.1 Å². The van der Waals surface area contributed by atoms with Gasteiger partial charge in [-0.25, -0.2) is 5.43 Å². The van der Waals surface area contributed by atoms with Crippen LogP contribution in [0.4, 0.5) is 5.69 Å². The molecule has 0 atom stereocenters. The fourth-order valence-electron chi connectivity index (χ4n) is 2.27. The molecule has 0 aliphatic carbocycles. The summed E-state index contributed by atoms with van der Waals surface area (Å²) < 4.78 is 0. The summed E-state index contributed by atoms with van der Waals surface area (Å²) >= 11 is 0. The summed E-state index contributed by atoms with van der Waals surface area (Å²) in [5, 5.41) is 8.13. The predicted molar refractivity (Wildman–Crippen MR) is 93.7 cm³/mol. The molecule has 0 saturated carbocycles. The van der Waals surface area contributed by atoms with Crippen molar-refractivity contribution in [1.82, 2.24) is 10.4 Å². The SMILES string of the molecule is Cc1ccc(NCC(=O)N/N=C\c2c[nH]c3ccccc23)cc1. The molecule has 1 aromatic heterocycles. The molecule has 116 valence electrons. The second-order valence-electron chi connectivity index (χ2n) is 5.30. The van der Waals surface area contributed by atoms with E-state index in [2.05, 4.69) is 20.8 Å². The number of anilines is 1. The van der Waals surface area contributed by atoms with Crippen LogP contribution in [0.5, 0.6) is 0 Å². The van der Waals surface area contributed by atoms with Crippen LogP contribution in [-0.2, 0) is 4.79 Å². The zero-order valence-corrected chi connectivity index (χ0v) is 12.8. The molecule has 0 saturated heterocycles. The van der Waals surface area contributed by atoms with Crippen LogP contribution in [0.25, 0.3) is 10.9 Å². The number of aromatic amines is 1. The van der Waals surface area contributed by atoms with E-state index in [0.717, 1.165) is 22.2 Å². The summed E-state index contributed by atoms with van der Waals surface area (Å²) in [5.41, 5.74) is 6.59. The molecule has 0 spiro atoms. The molecule has 3 N–H and O–H groups in total. The van der Waals surface area contributed by atoms with Crippen molar-refractivity contribution in [2.45, 2.75) is 6.92 Å². The van der Waals surface area contributed by atoms with E-state index in [-0.39, 0.29) is 12.5 Å². The van der Waals surface area contributed by atoms with E-state index in [0.29, 0.717) is 0 Å². The van der Waals surface area contributed by atoms with Gasteiger partial charge in [-0.05, 0) is 25.1 Å². The monoisotopic (exact) mass is 306 g/mol. The van der Waals surface area contributed by atoms with Crippen molar-refractivity contribution in [1.29, 1.82) is 0 Å². The first kappa shape index (κ1) is 14.8. The molecule has 3 rings (SSSR count). The Hall–Kier alpha value is -3.08. The number of nitrogens with one attached hydrogen (secondary N) is 3. The summed E-state index contributed by atoms with van der Waals surface area (Å²) in [6, 6.07) is 15.8. The van der Waals surface area contributed by atoms with E-state index in [1.807, 2.05) is 61.7 Å². The average molecular weight is 306 g/mol. The van der Waals surface area contributed by atoms with Gasteiger partial charge >= 0.3 is 0 Å². The molecule has 1 amide bonds. The van der Waals surface area contributed by atoms with Crippen LogP contribution in [-0.4, -0.2) is 23.7 Å². The molecule has 0 bridgehead atoms. The highest BCUT2D eigenvalue weighted by atomic mass is 16.2. The molecular weight excluding hydrogens is 288 g/mol. The molecule has 0 aliphatic rings. The van der Waals surface area contributed by atoms with Crippen molar-refractivity contribution < 1.29 is 4.79 Å². The summed E-state index contributed by atoms with van der Waals surface area (Å²) in [5.74, 6) is -0.193. The van der Waals surface area contributed by atoms with Crippen molar-refractivity contribution in [3.63, 3.8) is 0 Å². The van der Waals surface area contributed by atoms with Crippen LogP contribution in [0.2, 0.25) is 0 Å². The quantitative estimate of drug-likeness (QED) is 0.501. The molecule has 0 fully saturated rings. The molecular formula is C18H18N4O. The number of aromatic nitrogens is 1. The zero-order chi connectivity index (χ0) is 16.1. The molecule has 1 heterocycles. The van der Waals surface area contributed by atoms with Gasteiger partial charge in [0.2, 0.25) is 0 Å². The largest absolute Gasteiger partial charge is 0.376 e. The van der Waals surface area contributed by atoms with Gasteiger partial charge < -0.3 is 10.3 Å². The number of fused-ring (bicyclic) bond motifs is 1. The highest BCUT2D eigenvalue weighted by Crippen LogP contribution is 2.15. The number of hydrazone groups is 1. The normalized spacial score (nSPS) is 11.0. The number of H-pyrrole nitrogens is 1. The first-order chi connectivity index (χ1) is 11.2. The minimum absolute atomic E-state index is 0.175. The molecule has 0 aliphatic heterocycles. The maximum atomic E-state index is 11.8. The fraction of sp³-hybridized carbons (Fsp3) is 0.111. The van der Waals surface area contributed by atoms with Crippen LogP contribution >= 0.6 is 0 Å². The molecule has 5 nitrogen and oxygen atoms in total. The molecule has 3 aromatic rings. The van der Waals surface area contributed by atoms with Crippen LogP contribution < -0.4 is 10.7 Å². The van der Waals surface area contributed by atoms with Gasteiger partial charge in [0.05, 0.1) is 12.8 Å². The number of para-hydroxylation sites is 1. The third kappa shape index (κ3) is 3.77.